The van der Waals surface area contributed by atoms with E-state index in [1.165, 1.54) is 0 Å². The van der Waals surface area contributed by atoms with Gasteiger partial charge in [-0.3, -0.25) is 0 Å². The number of nitrogens with one attached hydrogen (secondary N) is 1. The normalized spacial score (nSPS) is 12.1. The van der Waals surface area contributed by atoms with Crippen molar-refractivity contribution in [2.24, 2.45) is 0 Å². The van der Waals surface area contributed by atoms with E-state index >= 15 is 0 Å². The van der Waals surface area contributed by atoms with Gasteiger partial charge in [0.2, 0.25) is 5.88 Å². The van der Waals surface area contributed by atoms with Crippen LogP contribution in [0.1, 0.15) is 52.8 Å². The largest absolute Gasteiger partial charge is 0.437 e. The first-order valence-electron chi connectivity index (χ1n) is 9.10. The minimum absolute atomic E-state index is 0.0180. The Kier molecular flexibility index (Phi) is 5.24. The summed E-state index contributed by atoms with van der Waals surface area (Å²) in [5.74, 6) is 1.36. The van der Waals surface area contributed by atoms with Crippen molar-refractivity contribution in [1.29, 1.82) is 0 Å². The molecule has 0 aliphatic rings. The van der Waals surface area contributed by atoms with E-state index in [0.29, 0.717) is 5.88 Å². The third-order valence-electron chi connectivity index (χ3n) is 4.19. The molecule has 5 heteroatoms. The molecule has 2 aromatic heterocycles. The molecule has 3 aromatic rings. The first kappa shape index (κ1) is 19.4. The molecule has 0 spiro atoms. The zero-order valence-corrected chi connectivity index (χ0v) is 17.6. The summed E-state index contributed by atoms with van der Waals surface area (Å²) in [5.41, 5.74) is 3.02. The van der Waals surface area contributed by atoms with Crippen LogP contribution in [0.5, 0.6) is 11.6 Å². The number of hydrogen-bond acceptors (Lipinski definition) is 5. The summed E-state index contributed by atoms with van der Waals surface area (Å²) in [4.78, 5) is 9.15. The Balaban J connectivity index is 1.89. The molecular formula is C22H27N3OS. The molecule has 1 N–H and O–H groups in total. The second-order valence-electron chi connectivity index (χ2n) is 8.62. The summed E-state index contributed by atoms with van der Waals surface area (Å²) in [6.45, 7) is 13.0. The molecular weight excluding hydrogens is 354 g/mol. The van der Waals surface area contributed by atoms with Gasteiger partial charge >= 0.3 is 0 Å². The van der Waals surface area contributed by atoms with Crippen molar-refractivity contribution >= 4 is 22.2 Å². The molecule has 0 radical (unpaired) electrons. The molecule has 0 saturated carbocycles. The molecule has 2 heterocycles. The lowest BCUT2D eigenvalue weighted by Crippen LogP contribution is -2.12. The van der Waals surface area contributed by atoms with E-state index in [2.05, 4.69) is 63.3 Å². The zero-order valence-electron chi connectivity index (χ0n) is 16.8. The molecule has 3 rings (SSSR count). The Labute approximate surface area is 165 Å². The topological polar surface area (TPSA) is 47.0 Å². The highest BCUT2D eigenvalue weighted by Gasteiger charge is 2.21. The fourth-order valence-electron chi connectivity index (χ4n) is 2.64. The minimum atomic E-state index is -0.0180. The number of ether oxygens (including phenoxy) is 1. The lowest BCUT2D eigenvalue weighted by atomic mass is 9.86. The monoisotopic (exact) mass is 381 g/mol. The second-order valence-corrected chi connectivity index (χ2v) is 9.48. The van der Waals surface area contributed by atoms with Gasteiger partial charge in [-0.2, -0.15) is 0 Å². The highest BCUT2D eigenvalue weighted by molar-refractivity contribution is 7.13. The maximum atomic E-state index is 6.22. The van der Waals surface area contributed by atoms with Crippen molar-refractivity contribution < 1.29 is 4.74 Å². The molecule has 0 bridgehead atoms. The zero-order chi connectivity index (χ0) is 19.7. The van der Waals surface area contributed by atoms with Crippen molar-refractivity contribution in [2.75, 3.05) is 5.32 Å². The predicted molar refractivity (Wildman–Crippen MR) is 114 cm³/mol. The quantitative estimate of drug-likeness (QED) is 0.548. The van der Waals surface area contributed by atoms with Gasteiger partial charge in [0.05, 0.1) is 5.69 Å². The molecule has 142 valence electrons. The minimum Gasteiger partial charge on any atom is -0.437 e. The van der Waals surface area contributed by atoms with E-state index in [1.54, 1.807) is 17.5 Å². The summed E-state index contributed by atoms with van der Waals surface area (Å²) in [6.07, 6.45) is 1.74. The highest BCUT2D eigenvalue weighted by Crippen LogP contribution is 2.37. The summed E-state index contributed by atoms with van der Waals surface area (Å²) in [6, 6.07) is 12.0. The van der Waals surface area contributed by atoms with E-state index in [9.17, 15) is 0 Å². The molecule has 0 amide bonds. The van der Waals surface area contributed by atoms with Gasteiger partial charge in [0.15, 0.2) is 5.13 Å². The number of anilines is 2. The maximum absolute atomic E-state index is 6.22. The molecule has 0 saturated heterocycles. The number of hydrogen-bond donors (Lipinski definition) is 1. The second kappa shape index (κ2) is 7.31. The van der Waals surface area contributed by atoms with Gasteiger partial charge < -0.3 is 10.1 Å². The van der Waals surface area contributed by atoms with Crippen molar-refractivity contribution in [3.63, 3.8) is 0 Å². The summed E-state index contributed by atoms with van der Waals surface area (Å²) in [7, 11) is 0. The number of nitrogens with zero attached hydrogens (tertiary/aromatic N) is 2. The lowest BCUT2D eigenvalue weighted by Gasteiger charge is -2.22. The summed E-state index contributed by atoms with van der Waals surface area (Å²) in [5, 5.41) is 6.29. The molecule has 0 aliphatic heterocycles. The van der Waals surface area contributed by atoms with Gasteiger partial charge in [0, 0.05) is 22.6 Å². The highest BCUT2D eigenvalue weighted by atomic mass is 32.1. The van der Waals surface area contributed by atoms with E-state index in [-0.39, 0.29) is 10.8 Å². The average molecular weight is 382 g/mol. The number of thiazole rings is 1. The van der Waals surface area contributed by atoms with Gasteiger partial charge in [-0.25, -0.2) is 9.97 Å². The van der Waals surface area contributed by atoms with Crippen LogP contribution in [-0.2, 0) is 10.8 Å². The molecule has 1 aromatic carbocycles. The first-order chi connectivity index (χ1) is 12.6. The van der Waals surface area contributed by atoms with E-state index in [0.717, 1.165) is 27.8 Å². The number of pyridine rings is 1. The van der Waals surface area contributed by atoms with Crippen molar-refractivity contribution in [1.82, 2.24) is 9.97 Å². The Morgan fingerprint density at radius 2 is 1.67 bits per heavy atom. The van der Waals surface area contributed by atoms with Gasteiger partial charge in [-0.05, 0) is 23.6 Å². The SMILES string of the molecule is CC(C)(C)c1csc(Nc2cccnc2Oc2ccccc2C(C)(C)C)n1. The van der Waals surface area contributed by atoms with E-state index in [1.807, 2.05) is 30.3 Å². The van der Waals surface area contributed by atoms with E-state index < -0.39 is 0 Å². The van der Waals surface area contributed by atoms with Crippen LogP contribution < -0.4 is 10.1 Å². The maximum Gasteiger partial charge on any atom is 0.243 e. The standard InChI is InChI=1S/C22H27N3OS/c1-21(2,3)15-10-7-8-12-17(15)26-19-16(11-9-13-23-19)24-20-25-18(14-27-20)22(4,5)6/h7-14H,1-6H3,(H,24,25). The Morgan fingerprint density at radius 3 is 2.33 bits per heavy atom. The van der Waals surface area contributed by atoms with E-state index in [4.69, 9.17) is 9.72 Å². The van der Waals surface area contributed by atoms with Crippen LogP contribution in [-0.4, -0.2) is 9.97 Å². The summed E-state index contributed by atoms with van der Waals surface area (Å²) < 4.78 is 6.22. The van der Waals surface area contributed by atoms with Gasteiger partial charge in [0.25, 0.3) is 0 Å². The van der Waals surface area contributed by atoms with Crippen LogP contribution in [0.3, 0.4) is 0 Å². The van der Waals surface area contributed by atoms with Crippen molar-refractivity contribution in [3.8, 4) is 11.6 Å². The number of aromatic nitrogens is 2. The fraction of sp³-hybridized carbons (Fsp3) is 0.364. The first-order valence-corrected chi connectivity index (χ1v) is 9.98. The number of benzene rings is 1. The van der Waals surface area contributed by atoms with Gasteiger partial charge in [-0.1, -0.05) is 59.7 Å². The Morgan fingerprint density at radius 1 is 0.926 bits per heavy atom. The van der Waals surface area contributed by atoms with Crippen molar-refractivity contribution in [3.05, 3.63) is 59.2 Å². The Bertz CT molecular complexity index is 920. The Hall–Kier alpha value is -2.40. The molecule has 27 heavy (non-hydrogen) atoms. The summed E-state index contributed by atoms with van der Waals surface area (Å²) >= 11 is 1.59. The van der Waals surface area contributed by atoms with Crippen LogP contribution >= 0.6 is 11.3 Å². The van der Waals surface area contributed by atoms with Crippen LogP contribution in [0.15, 0.2) is 48.0 Å². The molecule has 0 fully saturated rings. The molecule has 0 aliphatic carbocycles. The van der Waals surface area contributed by atoms with Crippen LogP contribution in [0, 0.1) is 0 Å². The number of para-hydroxylation sites is 1. The molecule has 0 atom stereocenters. The van der Waals surface area contributed by atoms with Gasteiger partial charge in [0.1, 0.15) is 11.4 Å². The van der Waals surface area contributed by atoms with Crippen molar-refractivity contribution in [2.45, 2.75) is 52.4 Å². The smallest absolute Gasteiger partial charge is 0.243 e. The lowest BCUT2D eigenvalue weighted by molar-refractivity contribution is 0.442. The fourth-order valence-corrected chi connectivity index (χ4v) is 3.59. The molecule has 0 unspecified atom stereocenters. The third kappa shape index (κ3) is 4.66. The van der Waals surface area contributed by atoms with Gasteiger partial charge in [-0.15, -0.1) is 11.3 Å². The molecule has 4 nitrogen and oxygen atoms in total. The predicted octanol–water partition coefficient (Wildman–Crippen LogP) is 6.67. The third-order valence-corrected chi connectivity index (χ3v) is 4.94. The number of rotatable bonds is 4. The average Bonchev–Trinajstić information content (AvgIpc) is 3.05. The van der Waals surface area contributed by atoms with Crippen LogP contribution in [0.2, 0.25) is 0 Å². The van der Waals surface area contributed by atoms with Crippen LogP contribution in [0.25, 0.3) is 0 Å². The van der Waals surface area contributed by atoms with Crippen LogP contribution in [0.4, 0.5) is 10.8 Å².